The Bertz CT molecular complexity index is 614. The molecule has 3 heteroatoms. The number of fused-ring (bicyclic) bond motifs is 2. The molecule has 1 aliphatic carbocycles. The maximum absolute atomic E-state index is 5.34. The highest BCUT2D eigenvalue weighted by Gasteiger charge is 2.17. The van der Waals surface area contributed by atoms with Gasteiger partial charge in [-0.2, -0.15) is 0 Å². The number of rotatable bonds is 2. The van der Waals surface area contributed by atoms with E-state index in [1.165, 1.54) is 17.2 Å². The molecule has 0 atom stereocenters. The molecule has 3 nitrogen and oxygen atoms in total. The fourth-order valence-electron chi connectivity index (χ4n) is 2.49. The Morgan fingerprint density at radius 3 is 2.65 bits per heavy atom. The van der Waals surface area contributed by atoms with Crippen LogP contribution in [-0.2, 0) is 0 Å². The molecule has 88 valence electrons. The number of ether oxygens (including phenoxy) is 2. The minimum Gasteiger partial charge on any atom is -0.493 e. The first kappa shape index (κ1) is 10.4. The van der Waals surface area contributed by atoms with E-state index in [9.17, 15) is 0 Å². The van der Waals surface area contributed by atoms with Crippen molar-refractivity contribution >= 4 is 5.57 Å². The van der Waals surface area contributed by atoms with Crippen LogP contribution in [-0.4, -0.2) is 14.2 Å². The van der Waals surface area contributed by atoms with Crippen molar-refractivity contribution in [3.8, 4) is 11.5 Å². The van der Waals surface area contributed by atoms with Gasteiger partial charge in [-0.1, -0.05) is 6.08 Å². The largest absolute Gasteiger partial charge is 0.493 e. The van der Waals surface area contributed by atoms with E-state index >= 15 is 0 Å². The van der Waals surface area contributed by atoms with Crippen LogP contribution in [0.3, 0.4) is 0 Å². The van der Waals surface area contributed by atoms with Crippen molar-refractivity contribution in [2.24, 2.45) is 4.99 Å². The summed E-state index contributed by atoms with van der Waals surface area (Å²) in [6.07, 6.45) is 5.67. The van der Waals surface area contributed by atoms with E-state index in [0.29, 0.717) is 0 Å². The summed E-state index contributed by atoms with van der Waals surface area (Å²) in [5, 5.41) is 2.21. The molecule has 0 N–H and O–H groups in total. The summed E-state index contributed by atoms with van der Waals surface area (Å²) in [5.74, 6) is 1.52. The second kappa shape index (κ2) is 3.91. The predicted molar refractivity (Wildman–Crippen MR) is 65.7 cm³/mol. The fourth-order valence-corrected chi connectivity index (χ4v) is 2.49. The molecular formula is C14H15NO2. The van der Waals surface area contributed by atoms with Crippen molar-refractivity contribution in [2.75, 3.05) is 14.2 Å². The third-order valence-electron chi connectivity index (χ3n) is 3.35. The molecule has 1 heterocycles. The minimum absolute atomic E-state index is 0.745. The van der Waals surface area contributed by atoms with Gasteiger partial charge in [-0.25, -0.2) is 4.99 Å². The quantitative estimate of drug-likeness (QED) is 0.770. The lowest BCUT2D eigenvalue weighted by Crippen LogP contribution is -2.23. The van der Waals surface area contributed by atoms with Crippen molar-refractivity contribution in [1.29, 1.82) is 0 Å². The Kier molecular flexibility index (Phi) is 2.39. The van der Waals surface area contributed by atoms with Crippen LogP contribution in [0.25, 0.3) is 5.57 Å². The van der Waals surface area contributed by atoms with Gasteiger partial charge in [-0.3, -0.25) is 0 Å². The van der Waals surface area contributed by atoms with Crippen LogP contribution >= 0.6 is 0 Å². The molecule has 0 radical (unpaired) electrons. The summed E-state index contributed by atoms with van der Waals surface area (Å²) < 4.78 is 10.6. The average Bonchev–Trinajstić information content (AvgIpc) is 2.74. The Hall–Kier alpha value is -1.77. The lowest BCUT2D eigenvalue weighted by atomic mass is 9.98. The van der Waals surface area contributed by atoms with Gasteiger partial charge in [0.1, 0.15) is 0 Å². The summed E-state index contributed by atoms with van der Waals surface area (Å²) in [6, 6.07) is 4.00. The molecule has 17 heavy (non-hydrogen) atoms. The molecule has 0 saturated carbocycles. The zero-order valence-corrected chi connectivity index (χ0v) is 10.1. The van der Waals surface area contributed by atoms with E-state index in [1.54, 1.807) is 14.2 Å². The topological polar surface area (TPSA) is 30.8 Å². The van der Waals surface area contributed by atoms with Crippen molar-refractivity contribution in [2.45, 2.75) is 19.3 Å². The lowest BCUT2D eigenvalue weighted by Gasteiger charge is -2.09. The second-order valence-electron chi connectivity index (χ2n) is 4.30. The smallest absolute Gasteiger partial charge is 0.162 e. The highest BCUT2D eigenvalue weighted by Crippen LogP contribution is 2.29. The third kappa shape index (κ3) is 1.54. The zero-order chi connectivity index (χ0) is 11.8. The van der Waals surface area contributed by atoms with Gasteiger partial charge < -0.3 is 9.47 Å². The molecule has 1 aromatic carbocycles. The monoisotopic (exact) mass is 229 g/mol. The molecule has 1 aromatic rings. The van der Waals surface area contributed by atoms with E-state index in [-0.39, 0.29) is 0 Å². The van der Waals surface area contributed by atoms with Crippen LogP contribution in [0.1, 0.15) is 19.3 Å². The van der Waals surface area contributed by atoms with Gasteiger partial charge in [0.25, 0.3) is 0 Å². The van der Waals surface area contributed by atoms with Crippen molar-refractivity contribution in [1.82, 2.24) is 0 Å². The van der Waals surface area contributed by atoms with E-state index in [2.05, 4.69) is 11.1 Å². The van der Waals surface area contributed by atoms with Crippen LogP contribution in [0.15, 0.2) is 28.9 Å². The first-order valence-corrected chi connectivity index (χ1v) is 5.88. The maximum atomic E-state index is 5.34. The van der Waals surface area contributed by atoms with Gasteiger partial charge in [-0.05, 0) is 30.9 Å². The average molecular weight is 229 g/mol. The number of nitrogens with zero attached hydrogens (tertiary/aromatic N) is 1. The summed E-state index contributed by atoms with van der Waals surface area (Å²) in [6.45, 7) is 0. The Morgan fingerprint density at radius 1 is 1.12 bits per heavy atom. The molecule has 0 amide bonds. The van der Waals surface area contributed by atoms with Crippen LogP contribution < -0.4 is 20.0 Å². The molecule has 1 aliphatic heterocycles. The summed E-state index contributed by atoms with van der Waals surface area (Å²) in [4.78, 5) is 4.65. The van der Waals surface area contributed by atoms with Crippen molar-refractivity contribution in [3.05, 3.63) is 34.5 Å². The SMILES string of the molecule is COc1cc2c(cc1OC)=C1CCCC=C1N=2. The molecule has 2 aliphatic rings. The first-order chi connectivity index (χ1) is 8.33. The number of methoxy groups -OCH3 is 2. The number of benzene rings is 1. The molecule has 0 fully saturated rings. The van der Waals surface area contributed by atoms with Crippen LogP contribution in [0.4, 0.5) is 0 Å². The van der Waals surface area contributed by atoms with Crippen LogP contribution in [0, 0.1) is 0 Å². The highest BCUT2D eigenvalue weighted by molar-refractivity contribution is 5.68. The van der Waals surface area contributed by atoms with Gasteiger partial charge in [0, 0.05) is 11.3 Å². The lowest BCUT2D eigenvalue weighted by molar-refractivity contribution is 0.354. The molecule has 3 rings (SSSR count). The zero-order valence-electron chi connectivity index (χ0n) is 10.1. The first-order valence-electron chi connectivity index (χ1n) is 5.88. The van der Waals surface area contributed by atoms with Crippen LogP contribution in [0.5, 0.6) is 11.5 Å². The highest BCUT2D eigenvalue weighted by atomic mass is 16.5. The van der Waals surface area contributed by atoms with Crippen LogP contribution in [0.2, 0.25) is 0 Å². The Balaban J connectivity index is 2.31. The molecule has 0 spiro atoms. The van der Waals surface area contributed by atoms with E-state index in [0.717, 1.165) is 35.4 Å². The number of hydrogen-bond donors (Lipinski definition) is 0. The number of allylic oxidation sites excluding steroid dienone is 2. The molecular weight excluding hydrogens is 214 g/mol. The normalized spacial score (nSPS) is 16.8. The summed E-state index contributed by atoms with van der Waals surface area (Å²) in [7, 11) is 3.32. The van der Waals surface area contributed by atoms with Crippen molar-refractivity contribution < 1.29 is 9.47 Å². The maximum Gasteiger partial charge on any atom is 0.162 e. The molecule has 0 saturated heterocycles. The van der Waals surface area contributed by atoms with E-state index in [1.807, 2.05) is 12.1 Å². The van der Waals surface area contributed by atoms with Gasteiger partial charge in [0.05, 0.1) is 25.3 Å². The minimum atomic E-state index is 0.745. The third-order valence-corrected chi connectivity index (χ3v) is 3.35. The summed E-state index contributed by atoms with van der Waals surface area (Å²) >= 11 is 0. The summed E-state index contributed by atoms with van der Waals surface area (Å²) in [5.41, 5.74) is 2.49. The van der Waals surface area contributed by atoms with Crippen molar-refractivity contribution in [3.63, 3.8) is 0 Å². The molecule has 0 aromatic heterocycles. The number of hydrogen-bond acceptors (Lipinski definition) is 3. The standard InChI is InChI=1S/C14H15NO2/c1-16-13-7-10-9-5-3-4-6-11(9)15-12(10)8-14(13)17-2/h6-8H,3-5H2,1-2H3. The molecule has 0 unspecified atom stereocenters. The second-order valence-corrected chi connectivity index (χ2v) is 4.30. The van der Waals surface area contributed by atoms with Gasteiger partial charge in [-0.15, -0.1) is 0 Å². The fraction of sp³-hybridized carbons (Fsp3) is 0.357. The Labute approximate surface area is 100 Å². The van der Waals surface area contributed by atoms with E-state index in [4.69, 9.17) is 9.47 Å². The van der Waals surface area contributed by atoms with E-state index < -0.39 is 0 Å². The Morgan fingerprint density at radius 2 is 1.88 bits per heavy atom. The van der Waals surface area contributed by atoms with Gasteiger partial charge in [0.15, 0.2) is 11.5 Å². The molecule has 0 bridgehead atoms. The van der Waals surface area contributed by atoms with Gasteiger partial charge in [0.2, 0.25) is 0 Å². The predicted octanol–water partition coefficient (Wildman–Crippen LogP) is 1.56. The van der Waals surface area contributed by atoms with Gasteiger partial charge >= 0.3 is 0 Å².